The first kappa shape index (κ1) is 15.0. The number of hydrogen-bond acceptors (Lipinski definition) is 2. The molecule has 1 N–H and O–H groups in total. The lowest BCUT2D eigenvalue weighted by Gasteiger charge is -2.31. The van der Waals surface area contributed by atoms with E-state index in [4.69, 9.17) is 0 Å². The first-order chi connectivity index (χ1) is 8.21. The third-order valence-corrected chi connectivity index (χ3v) is 3.33. The lowest BCUT2D eigenvalue weighted by Crippen LogP contribution is -2.43. The standard InChI is InChI=1S/C14H26N2O2/c1-10(2)6-7-15-13(18)11-8-12(17)16(9-11)14(3,4)5/h10-11H,6-9H2,1-5H3,(H,15,18)/t11-/m1/s1. The number of rotatable bonds is 4. The van der Waals surface area contributed by atoms with Gasteiger partial charge >= 0.3 is 0 Å². The van der Waals surface area contributed by atoms with E-state index in [1.807, 2.05) is 20.8 Å². The number of likely N-dealkylation sites (tertiary alicyclic amines) is 1. The molecule has 0 aromatic rings. The van der Waals surface area contributed by atoms with Crippen molar-refractivity contribution in [2.75, 3.05) is 13.1 Å². The first-order valence-corrected chi connectivity index (χ1v) is 6.80. The highest BCUT2D eigenvalue weighted by atomic mass is 16.2. The van der Waals surface area contributed by atoms with Gasteiger partial charge in [0.05, 0.1) is 5.92 Å². The maximum atomic E-state index is 12.0. The van der Waals surface area contributed by atoms with Gasteiger partial charge in [0.1, 0.15) is 0 Å². The summed E-state index contributed by atoms with van der Waals surface area (Å²) in [5, 5.41) is 2.93. The van der Waals surface area contributed by atoms with Crippen molar-refractivity contribution in [1.82, 2.24) is 10.2 Å². The predicted octanol–water partition coefficient (Wildman–Crippen LogP) is 1.80. The molecule has 4 heteroatoms. The maximum absolute atomic E-state index is 12.0. The van der Waals surface area contributed by atoms with E-state index in [2.05, 4.69) is 19.2 Å². The maximum Gasteiger partial charge on any atom is 0.225 e. The van der Waals surface area contributed by atoms with Gasteiger partial charge in [0.2, 0.25) is 11.8 Å². The summed E-state index contributed by atoms with van der Waals surface area (Å²) in [6.45, 7) is 11.5. The molecule has 0 spiro atoms. The lowest BCUT2D eigenvalue weighted by atomic mass is 10.1. The summed E-state index contributed by atoms with van der Waals surface area (Å²) in [7, 11) is 0. The van der Waals surface area contributed by atoms with E-state index in [1.54, 1.807) is 4.90 Å². The fraction of sp³-hybridized carbons (Fsp3) is 0.857. The Morgan fingerprint density at radius 1 is 1.44 bits per heavy atom. The second kappa shape index (κ2) is 5.72. The number of carbonyl (C=O) groups excluding carboxylic acids is 2. The molecule has 1 aliphatic heterocycles. The van der Waals surface area contributed by atoms with Crippen molar-refractivity contribution in [3.8, 4) is 0 Å². The van der Waals surface area contributed by atoms with E-state index in [9.17, 15) is 9.59 Å². The molecule has 18 heavy (non-hydrogen) atoms. The molecule has 1 rings (SSSR count). The fourth-order valence-electron chi connectivity index (χ4n) is 2.16. The minimum atomic E-state index is -0.190. The highest BCUT2D eigenvalue weighted by Gasteiger charge is 2.39. The second-order valence-corrected chi connectivity index (χ2v) is 6.55. The van der Waals surface area contributed by atoms with Crippen LogP contribution >= 0.6 is 0 Å². The minimum absolute atomic E-state index is 0.0238. The average Bonchev–Trinajstić information content (AvgIpc) is 2.59. The Morgan fingerprint density at radius 3 is 2.50 bits per heavy atom. The van der Waals surface area contributed by atoms with Crippen molar-refractivity contribution in [1.29, 1.82) is 0 Å². The lowest BCUT2D eigenvalue weighted by molar-refractivity contribution is -0.132. The number of hydrogen-bond donors (Lipinski definition) is 1. The smallest absolute Gasteiger partial charge is 0.225 e. The summed E-state index contributed by atoms with van der Waals surface area (Å²) in [5.41, 5.74) is -0.190. The molecule has 1 fully saturated rings. The van der Waals surface area contributed by atoms with Gasteiger partial charge in [-0.15, -0.1) is 0 Å². The second-order valence-electron chi connectivity index (χ2n) is 6.55. The van der Waals surface area contributed by atoms with Crippen molar-refractivity contribution in [2.45, 2.75) is 53.0 Å². The summed E-state index contributed by atoms with van der Waals surface area (Å²) in [6.07, 6.45) is 1.33. The predicted molar refractivity (Wildman–Crippen MR) is 72.0 cm³/mol. The van der Waals surface area contributed by atoms with Crippen molar-refractivity contribution in [3.05, 3.63) is 0 Å². The molecule has 0 aliphatic carbocycles. The summed E-state index contributed by atoms with van der Waals surface area (Å²) in [5.74, 6) is 0.521. The van der Waals surface area contributed by atoms with Crippen LogP contribution in [-0.4, -0.2) is 35.3 Å². The van der Waals surface area contributed by atoms with Crippen LogP contribution in [0, 0.1) is 11.8 Å². The molecular formula is C14H26N2O2. The number of amides is 2. The van der Waals surface area contributed by atoms with Crippen LogP contribution in [0.2, 0.25) is 0 Å². The summed E-state index contributed by atoms with van der Waals surface area (Å²) in [6, 6.07) is 0. The highest BCUT2D eigenvalue weighted by Crippen LogP contribution is 2.25. The Morgan fingerprint density at radius 2 is 2.06 bits per heavy atom. The molecule has 1 heterocycles. The largest absolute Gasteiger partial charge is 0.356 e. The number of nitrogens with one attached hydrogen (secondary N) is 1. The van der Waals surface area contributed by atoms with Crippen LogP contribution in [0.1, 0.15) is 47.5 Å². The molecule has 2 amide bonds. The van der Waals surface area contributed by atoms with Gasteiger partial charge in [-0.2, -0.15) is 0 Å². The molecule has 104 valence electrons. The van der Waals surface area contributed by atoms with Crippen LogP contribution in [0.3, 0.4) is 0 Å². The zero-order valence-corrected chi connectivity index (χ0v) is 12.2. The van der Waals surface area contributed by atoms with Crippen molar-refractivity contribution < 1.29 is 9.59 Å². The molecule has 0 unspecified atom stereocenters. The van der Waals surface area contributed by atoms with Crippen molar-refractivity contribution in [3.63, 3.8) is 0 Å². The molecule has 1 atom stereocenters. The third-order valence-electron chi connectivity index (χ3n) is 3.33. The topological polar surface area (TPSA) is 49.4 Å². The third kappa shape index (κ3) is 4.00. The number of carbonyl (C=O) groups is 2. The van der Waals surface area contributed by atoms with E-state index in [0.717, 1.165) is 6.42 Å². The van der Waals surface area contributed by atoms with Crippen LogP contribution in [-0.2, 0) is 9.59 Å². The Hall–Kier alpha value is -1.06. The molecule has 0 aromatic heterocycles. The van der Waals surface area contributed by atoms with Crippen LogP contribution in [0.4, 0.5) is 0 Å². The van der Waals surface area contributed by atoms with Gasteiger partial charge in [-0.25, -0.2) is 0 Å². The molecule has 0 bridgehead atoms. The van der Waals surface area contributed by atoms with Crippen LogP contribution in [0.15, 0.2) is 0 Å². The van der Waals surface area contributed by atoms with Crippen molar-refractivity contribution in [2.24, 2.45) is 11.8 Å². The van der Waals surface area contributed by atoms with Crippen LogP contribution < -0.4 is 5.32 Å². The molecule has 1 saturated heterocycles. The molecule has 4 nitrogen and oxygen atoms in total. The molecule has 0 aromatic carbocycles. The fourth-order valence-corrected chi connectivity index (χ4v) is 2.16. The Kier molecular flexibility index (Phi) is 4.77. The van der Waals surface area contributed by atoms with E-state index in [0.29, 0.717) is 25.4 Å². The van der Waals surface area contributed by atoms with E-state index in [-0.39, 0.29) is 23.3 Å². The van der Waals surface area contributed by atoms with Gasteiger partial charge in [0.25, 0.3) is 0 Å². The quantitative estimate of drug-likeness (QED) is 0.831. The summed E-state index contributed by atoms with van der Waals surface area (Å²) >= 11 is 0. The van der Waals surface area contributed by atoms with E-state index >= 15 is 0 Å². The zero-order chi connectivity index (χ0) is 13.9. The van der Waals surface area contributed by atoms with Gasteiger partial charge in [-0.1, -0.05) is 13.8 Å². The average molecular weight is 254 g/mol. The number of nitrogens with zero attached hydrogens (tertiary/aromatic N) is 1. The Bertz CT molecular complexity index is 318. The van der Waals surface area contributed by atoms with E-state index in [1.165, 1.54) is 0 Å². The molecule has 1 aliphatic rings. The van der Waals surface area contributed by atoms with Gasteiger partial charge in [0, 0.05) is 25.0 Å². The SMILES string of the molecule is CC(C)CCNC(=O)[C@@H]1CC(=O)N(C(C)(C)C)C1. The molecule has 0 saturated carbocycles. The highest BCUT2D eigenvalue weighted by molar-refractivity contribution is 5.89. The first-order valence-electron chi connectivity index (χ1n) is 6.80. The van der Waals surface area contributed by atoms with Gasteiger partial charge in [-0.05, 0) is 33.1 Å². The normalized spacial score (nSPS) is 20.7. The molecule has 0 radical (unpaired) electrons. The van der Waals surface area contributed by atoms with Gasteiger partial charge < -0.3 is 10.2 Å². The summed E-state index contributed by atoms with van der Waals surface area (Å²) in [4.78, 5) is 25.6. The minimum Gasteiger partial charge on any atom is -0.356 e. The van der Waals surface area contributed by atoms with E-state index < -0.39 is 0 Å². The van der Waals surface area contributed by atoms with Crippen LogP contribution in [0.25, 0.3) is 0 Å². The molecular weight excluding hydrogens is 228 g/mol. The van der Waals surface area contributed by atoms with Gasteiger partial charge in [0.15, 0.2) is 0 Å². The van der Waals surface area contributed by atoms with Crippen LogP contribution in [0.5, 0.6) is 0 Å². The van der Waals surface area contributed by atoms with Crippen molar-refractivity contribution >= 4 is 11.8 Å². The summed E-state index contributed by atoms with van der Waals surface area (Å²) < 4.78 is 0. The zero-order valence-electron chi connectivity index (χ0n) is 12.2. The Labute approximate surface area is 110 Å². The monoisotopic (exact) mass is 254 g/mol. The van der Waals surface area contributed by atoms with Gasteiger partial charge in [-0.3, -0.25) is 9.59 Å². The Balaban J connectivity index is 2.45.